The average Bonchev–Trinajstić information content (AvgIpc) is 3.00. The first-order chi connectivity index (χ1) is 11.6. The Bertz CT molecular complexity index is 1160. The summed E-state index contributed by atoms with van der Waals surface area (Å²) in [4.78, 5) is 32.6. The van der Waals surface area contributed by atoms with E-state index in [2.05, 4.69) is 9.97 Å². The van der Waals surface area contributed by atoms with Gasteiger partial charge in [0.05, 0.1) is 17.4 Å². The minimum atomic E-state index is -0.496. The quantitative estimate of drug-likeness (QED) is 0.598. The predicted octanol–water partition coefficient (Wildman–Crippen LogP) is 3.46. The first-order valence-corrected chi connectivity index (χ1v) is 8.29. The lowest BCUT2D eigenvalue weighted by Crippen LogP contribution is -2.32. The third-order valence-corrected chi connectivity index (χ3v) is 5.10. The summed E-state index contributed by atoms with van der Waals surface area (Å²) in [5, 5.41) is 0.596. The summed E-state index contributed by atoms with van der Waals surface area (Å²) in [6.45, 7) is 0. The number of fused-ring (bicyclic) bond motifs is 1. The zero-order valence-corrected chi connectivity index (χ0v) is 13.8. The van der Waals surface area contributed by atoms with E-state index in [1.165, 1.54) is 17.5 Å². The van der Waals surface area contributed by atoms with Crippen LogP contribution in [0.2, 0.25) is 5.02 Å². The molecular weight excluding hydrogens is 346 g/mol. The van der Waals surface area contributed by atoms with Crippen molar-refractivity contribution in [2.24, 2.45) is 0 Å². The van der Waals surface area contributed by atoms with Gasteiger partial charge in [-0.2, -0.15) is 0 Å². The lowest BCUT2D eigenvalue weighted by molar-refractivity contribution is 0.897. The fraction of sp³-hybridized carbons (Fsp3) is 0. The molecular formula is C17H10ClN3O2S. The van der Waals surface area contributed by atoms with Crippen molar-refractivity contribution in [3.8, 4) is 16.1 Å². The van der Waals surface area contributed by atoms with Crippen LogP contribution in [-0.4, -0.2) is 14.5 Å². The Hall–Kier alpha value is -2.70. The van der Waals surface area contributed by atoms with Gasteiger partial charge in [0.1, 0.15) is 4.70 Å². The number of rotatable bonds is 2. The van der Waals surface area contributed by atoms with Gasteiger partial charge in [-0.25, -0.2) is 9.36 Å². The number of pyridine rings is 1. The average molecular weight is 356 g/mol. The molecule has 0 fully saturated rings. The second-order valence-corrected chi connectivity index (χ2v) is 6.57. The zero-order valence-electron chi connectivity index (χ0n) is 12.2. The smallest absolute Gasteiger partial charge is 0.306 e. The van der Waals surface area contributed by atoms with Crippen molar-refractivity contribution in [2.45, 2.75) is 0 Å². The van der Waals surface area contributed by atoms with E-state index in [-0.39, 0.29) is 5.56 Å². The van der Waals surface area contributed by atoms with Crippen LogP contribution in [0, 0.1) is 0 Å². The fourth-order valence-electron chi connectivity index (χ4n) is 2.52. The van der Waals surface area contributed by atoms with Crippen molar-refractivity contribution in [1.29, 1.82) is 0 Å². The van der Waals surface area contributed by atoms with Crippen LogP contribution in [0.3, 0.4) is 0 Å². The topological polar surface area (TPSA) is 67.8 Å². The van der Waals surface area contributed by atoms with Gasteiger partial charge in [-0.15, -0.1) is 11.3 Å². The van der Waals surface area contributed by atoms with Crippen LogP contribution in [0.5, 0.6) is 0 Å². The third-order valence-electron chi connectivity index (χ3n) is 3.62. The second-order valence-electron chi connectivity index (χ2n) is 5.12. The highest BCUT2D eigenvalue weighted by Gasteiger charge is 2.14. The van der Waals surface area contributed by atoms with Crippen molar-refractivity contribution >= 4 is 33.2 Å². The van der Waals surface area contributed by atoms with Gasteiger partial charge in [0.15, 0.2) is 0 Å². The molecule has 3 heterocycles. The van der Waals surface area contributed by atoms with Crippen LogP contribution in [0.1, 0.15) is 0 Å². The van der Waals surface area contributed by atoms with Gasteiger partial charge in [-0.1, -0.05) is 29.8 Å². The van der Waals surface area contributed by atoms with E-state index in [1.807, 2.05) is 18.2 Å². The first kappa shape index (κ1) is 14.9. The molecule has 24 heavy (non-hydrogen) atoms. The Morgan fingerprint density at radius 3 is 2.71 bits per heavy atom. The highest BCUT2D eigenvalue weighted by atomic mass is 35.5. The van der Waals surface area contributed by atoms with Crippen LogP contribution >= 0.6 is 22.9 Å². The SMILES string of the molecule is O=c1[nH]c2cc(-c3ccccc3Cl)sc2c(=O)n1-c1cccnc1. The molecule has 0 radical (unpaired) electrons. The summed E-state index contributed by atoms with van der Waals surface area (Å²) in [5.74, 6) is 0. The number of halogens is 1. The Labute approximate surface area is 144 Å². The molecule has 5 nitrogen and oxygen atoms in total. The van der Waals surface area contributed by atoms with Crippen LogP contribution < -0.4 is 11.2 Å². The molecule has 3 aromatic heterocycles. The van der Waals surface area contributed by atoms with Gasteiger partial charge >= 0.3 is 5.69 Å². The molecule has 1 N–H and O–H groups in total. The summed E-state index contributed by atoms with van der Waals surface area (Å²) in [5.41, 5.74) is 0.894. The minimum Gasteiger partial charge on any atom is -0.306 e. The maximum Gasteiger partial charge on any atom is 0.333 e. The molecule has 0 unspecified atom stereocenters. The molecule has 4 rings (SSSR count). The number of aromatic amines is 1. The zero-order chi connectivity index (χ0) is 16.7. The number of thiophene rings is 1. The number of benzene rings is 1. The van der Waals surface area contributed by atoms with Crippen LogP contribution in [0.15, 0.2) is 64.4 Å². The maximum absolute atomic E-state index is 12.8. The predicted molar refractivity (Wildman–Crippen MR) is 96.3 cm³/mol. The van der Waals surface area contributed by atoms with E-state index in [0.717, 1.165) is 15.0 Å². The molecule has 7 heteroatoms. The molecule has 0 aliphatic rings. The minimum absolute atomic E-state index is 0.370. The van der Waals surface area contributed by atoms with Gasteiger partial charge < -0.3 is 4.98 Å². The first-order valence-electron chi connectivity index (χ1n) is 7.09. The molecule has 0 saturated carbocycles. The molecule has 0 saturated heterocycles. The largest absolute Gasteiger partial charge is 0.333 e. The van der Waals surface area contributed by atoms with Gasteiger partial charge in [-0.05, 0) is 24.3 Å². The van der Waals surface area contributed by atoms with Crippen molar-refractivity contribution in [3.05, 3.63) is 80.7 Å². The standard InChI is InChI=1S/C17H10ClN3O2S/c18-12-6-2-1-5-11(12)14-8-13-15(24-14)16(22)21(17(23)20-13)10-4-3-7-19-9-10/h1-9H,(H,20,23). The number of hydrogen-bond donors (Lipinski definition) is 1. The van der Waals surface area contributed by atoms with Crippen molar-refractivity contribution in [2.75, 3.05) is 0 Å². The van der Waals surface area contributed by atoms with Gasteiger partial charge in [0, 0.05) is 21.7 Å². The summed E-state index contributed by atoms with van der Waals surface area (Å²) in [7, 11) is 0. The van der Waals surface area contributed by atoms with E-state index >= 15 is 0 Å². The van der Waals surface area contributed by atoms with Gasteiger partial charge in [0.2, 0.25) is 0 Å². The maximum atomic E-state index is 12.8. The Morgan fingerprint density at radius 1 is 1.12 bits per heavy atom. The molecule has 0 spiro atoms. The fourth-order valence-corrected chi connectivity index (χ4v) is 3.90. The van der Waals surface area contributed by atoms with Crippen LogP contribution in [0.4, 0.5) is 0 Å². The summed E-state index contributed by atoms with van der Waals surface area (Å²) >= 11 is 7.53. The molecule has 0 aliphatic heterocycles. The van der Waals surface area contributed by atoms with E-state index in [0.29, 0.717) is 20.9 Å². The van der Waals surface area contributed by atoms with E-state index in [9.17, 15) is 9.59 Å². The van der Waals surface area contributed by atoms with Gasteiger partial charge in [-0.3, -0.25) is 9.78 Å². The van der Waals surface area contributed by atoms with Crippen LogP contribution in [-0.2, 0) is 0 Å². The highest BCUT2D eigenvalue weighted by molar-refractivity contribution is 7.22. The van der Waals surface area contributed by atoms with Crippen molar-refractivity contribution in [3.63, 3.8) is 0 Å². The lowest BCUT2D eigenvalue weighted by atomic mass is 10.2. The second kappa shape index (κ2) is 5.74. The Kier molecular flexibility index (Phi) is 3.55. The van der Waals surface area contributed by atoms with E-state index in [4.69, 9.17) is 11.6 Å². The summed E-state index contributed by atoms with van der Waals surface area (Å²) in [6.07, 6.45) is 3.06. The molecule has 118 valence electrons. The number of nitrogens with one attached hydrogen (secondary N) is 1. The number of H-pyrrole nitrogens is 1. The monoisotopic (exact) mass is 355 g/mol. The van der Waals surface area contributed by atoms with Crippen molar-refractivity contribution < 1.29 is 0 Å². The normalized spacial score (nSPS) is 11.0. The molecule has 0 aliphatic carbocycles. The summed E-state index contributed by atoms with van der Waals surface area (Å²) in [6, 6.07) is 12.5. The molecule has 0 atom stereocenters. The van der Waals surface area contributed by atoms with E-state index in [1.54, 1.807) is 30.5 Å². The number of nitrogens with zero attached hydrogens (tertiary/aromatic N) is 2. The van der Waals surface area contributed by atoms with Gasteiger partial charge in [0.25, 0.3) is 5.56 Å². The highest BCUT2D eigenvalue weighted by Crippen LogP contribution is 2.34. The third kappa shape index (κ3) is 2.36. The van der Waals surface area contributed by atoms with Crippen molar-refractivity contribution in [1.82, 2.24) is 14.5 Å². The molecule has 1 aromatic carbocycles. The lowest BCUT2D eigenvalue weighted by Gasteiger charge is -2.02. The van der Waals surface area contributed by atoms with E-state index < -0.39 is 5.69 Å². The Morgan fingerprint density at radius 2 is 1.96 bits per heavy atom. The Balaban J connectivity index is 2.00. The molecule has 0 amide bonds. The number of aromatic nitrogens is 3. The van der Waals surface area contributed by atoms with Crippen LogP contribution in [0.25, 0.3) is 26.3 Å². The number of hydrogen-bond acceptors (Lipinski definition) is 4. The molecule has 4 aromatic rings. The summed E-state index contributed by atoms with van der Waals surface area (Å²) < 4.78 is 1.55. The molecule has 0 bridgehead atoms.